The third-order valence-electron chi connectivity index (χ3n) is 4.00. The van der Waals surface area contributed by atoms with E-state index in [0.29, 0.717) is 0 Å². The van der Waals surface area contributed by atoms with Gasteiger partial charge in [-0.2, -0.15) is 0 Å². The van der Waals surface area contributed by atoms with Gasteiger partial charge in [0.05, 0.1) is 38.6 Å². The van der Waals surface area contributed by atoms with Crippen LogP contribution in [0.3, 0.4) is 0 Å². The molecule has 0 saturated heterocycles. The summed E-state index contributed by atoms with van der Waals surface area (Å²) in [4.78, 5) is 61.3. The molecule has 1 aromatic rings. The number of benzene rings is 1. The van der Waals surface area contributed by atoms with Crippen molar-refractivity contribution in [1.82, 2.24) is 5.32 Å². The average molecular weight is 423 g/mol. The highest BCUT2D eigenvalue weighted by atomic mass is 16.6. The van der Waals surface area contributed by atoms with E-state index in [4.69, 9.17) is 14.2 Å². The Hall–Kier alpha value is -3.43. The van der Waals surface area contributed by atoms with E-state index < -0.39 is 41.7 Å². The maximum Gasteiger partial charge on any atom is 0.344 e. The topological polar surface area (TPSA) is 134 Å². The maximum absolute atomic E-state index is 12.7. The summed E-state index contributed by atoms with van der Waals surface area (Å²) in [6.45, 7) is 4.13. The van der Waals surface area contributed by atoms with E-state index in [9.17, 15) is 24.0 Å². The Bertz CT molecular complexity index is 814. The summed E-state index contributed by atoms with van der Waals surface area (Å²) in [6.07, 6.45) is -0.393. The van der Waals surface area contributed by atoms with Gasteiger partial charge in [0.15, 0.2) is 0 Å². The SMILES string of the molecule is CCOC(=O)C(Cc1ccc(C(=O)OC)c(C(=O)OC)c1)(NC(C)=O)C(=O)OCC. The van der Waals surface area contributed by atoms with Crippen LogP contribution in [-0.4, -0.2) is 62.8 Å². The largest absolute Gasteiger partial charge is 0.465 e. The van der Waals surface area contributed by atoms with Crippen molar-refractivity contribution < 1.29 is 42.9 Å². The molecule has 1 aromatic carbocycles. The lowest BCUT2D eigenvalue weighted by Gasteiger charge is -2.30. The highest BCUT2D eigenvalue weighted by Gasteiger charge is 2.50. The van der Waals surface area contributed by atoms with E-state index in [1.165, 1.54) is 18.2 Å². The van der Waals surface area contributed by atoms with Crippen LogP contribution < -0.4 is 5.32 Å². The fourth-order valence-corrected chi connectivity index (χ4v) is 2.76. The van der Waals surface area contributed by atoms with Crippen molar-refractivity contribution in [2.45, 2.75) is 32.7 Å². The molecule has 0 atom stereocenters. The van der Waals surface area contributed by atoms with Crippen molar-refractivity contribution in [3.63, 3.8) is 0 Å². The molecular weight excluding hydrogens is 398 g/mol. The highest BCUT2D eigenvalue weighted by Crippen LogP contribution is 2.22. The minimum absolute atomic E-state index is 0.0474. The smallest absolute Gasteiger partial charge is 0.344 e. The van der Waals surface area contributed by atoms with Crippen LogP contribution in [0.5, 0.6) is 0 Å². The van der Waals surface area contributed by atoms with Crippen LogP contribution >= 0.6 is 0 Å². The minimum atomic E-state index is -2.18. The summed E-state index contributed by atoms with van der Waals surface area (Å²) in [6, 6.07) is 3.98. The molecule has 0 aliphatic heterocycles. The van der Waals surface area contributed by atoms with Gasteiger partial charge in [-0.1, -0.05) is 6.07 Å². The van der Waals surface area contributed by atoms with E-state index in [-0.39, 0.29) is 29.9 Å². The Morgan fingerprint density at radius 1 is 0.867 bits per heavy atom. The summed E-state index contributed by atoms with van der Waals surface area (Å²) >= 11 is 0. The Balaban J connectivity index is 3.58. The molecular formula is C20H25NO9. The van der Waals surface area contributed by atoms with Crippen molar-refractivity contribution in [3.8, 4) is 0 Å². The Kier molecular flexibility index (Phi) is 8.97. The van der Waals surface area contributed by atoms with Gasteiger partial charge in [-0.25, -0.2) is 19.2 Å². The van der Waals surface area contributed by atoms with E-state index in [1.807, 2.05) is 0 Å². The first-order chi connectivity index (χ1) is 14.2. The zero-order valence-electron chi connectivity index (χ0n) is 17.5. The lowest BCUT2D eigenvalue weighted by atomic mass is 9.88. The van der Waals surface area contributed by atoms with Crippen LogP contribution in [0.1, 0.15) is 47.1 Å². The number of methoxy groups -OCH3 is 2. The van der Waals surface area contributed by atoms with E-state index in [0.717, 1.165) is 21.1 Å². The number of nitrogens with one attached hydrogen (secondary N) is 1. The average Bonchev–Trinajstić information content (AvgIpc) is 2.71. The van der Waals surface area contributed by atoms with E-state index in [1.54, 1.807) is 13.8 Å². The summed E-state index contributed by atoms with van der Waals surface area (Å²) in [5, 5.41) is 2.33. The van der Waals surface area contributed by atoms with Gasteiger partial charge in [-0.15, -0.1) is 0 Å². The highest BCUT2D eigenvalue weighted by molar-refractivity contribution is 6.08. The van der Waals surface area contributed by atoms with Crippen LogP contribution in [0.25, 0.3) is 0 Å². The van der Waals surface area contributed by atoms with Gasteiger partial charge in [0, 0.05) is 13.3 Å². The lowest BCUT2D eigenvalue weighted by molar-refractivity contribution is -0.168. The molecule has 0 saturated carbocycles. The van der Waals surface area contributed by atoms with Crippen molar-refractivity contribution in [2.24, 2.45) is 0 Å². The second-order valence-corrected chi connectivity index (χ2v) is 6.07. The standard InChI is InChI=1S/C20H25NO9/c1-6-29-18(25)20(21-12(3)22,19(26)30-7-2)11-13-8-9-14(16(23)27-4)15(10-13)17(24)28-5/h8-10H,6-7,11H2,1-5H3,(H,21,22). The van der Waals surface area contributed by atoms with Gasteiger partial charge >= 0.3 is 23.9 Å². The van der Waals surface area contributed by atoms with Crippen molar-refractivity contribution in [3.05, 3.63) is 34.9 Å². The first-order valence-corrected chi connectivity index (χ1v) is 9.09. The monoisotopic (exact) mass is 423 g/mol. The number of hydrogen-bond donors (Lipinski definition) is 1. The van der Waals surface area contributed by atoms with Crippen LogP contribution in [0.15, 0.2) is 18.2 Å². The van der Waals surface area contributed by atoms with Gasteiger partial charge < -0.3 is 24.3 Å². The summed E-state index contributed by atoms with van der Waals surface area (Å²) in [7, 11) is 2.29. The number of hydrogen-bond acceptors (Lipinski definition) is 9. The number of esters is 4. The zero-order valence-corrected chi connectivity index (χ0v) is 17.5. The van der Waals surface area contributed by atoms with Crippen LogP contribution in [0.2, 0.25) is 0 Å². The molecule has 0 aliphatic rings. The predicted molar refractivity (Wildman–Crippen MR) is 103 cm³/mol. The molecule has 164 valence electrons. The van der Waals surface area contributed by atoms with Crippen molar-refractivity contribution >= 4 is 29.8 Å². The summed E-state index contributed by atoms with van der Waals surface area (Å²) in [5.74, 6) is -4.30. The van der Waals surface area contributed by atoms with Crippen LogP contribution in [0, 0.1) is 0 Å². The molecule has 0 aromatic heterocycles. The van der Waals surface area contributed by atoms with Gasteiger partial charge in [-0.05, 0) is 31.5 Å². The Morgan fingerprint density at radius 3 is 1.80 bits per heavy atom. The van der Waals surface area contributed by atoms with Crippen molar-refractivity contribution in [1.29, 1.82) is 0 Å². The third kappa shape index (κ3) is 5.56. The molecule has 0 fully saturated rings. The number of carbonyl (C=O) groups excluding carboxylic acids is 5. The molecule has 0 unspecified atom stereocenters. The molecule has 0 radical (unpaired) electrons. The predicted octanol–water partition coefficient (Wildman–Crippen LogP) is 0.803. The minimum Gasteiger partial charge on any atom is -0.465 e. The zero-order chi connectivity index (χ0) is 22.9. The third-order valence-corrected chi connectivity index (χ3v) is 4.00. The molecule has 0 spiro atoms. The Labute approximate surface area is 173 Å². The molecule has 0 heterocycles. The van der Waals surface area contributed by atoms with Gasteiger partial charge in [0.1, 0.15) is 0 Å². The molecule has 10 heteroatoms. The number of amides is 1. The molecule has 1 rings (SSSR count). The summed E-state index contributed by atoms with van der Waals surface area (Å²) < 4.78 is 19.4. The van der Waals surface area contributed by atoms with E-state index in [2.05, 4.69) is 10.1 Å². The Morgan fingerprint density at radius 2 is 1.37 bits per heavy atom. The fraction of sp³-hybridized carbons (Fsp3) is 0.450. The number of carbonyl (C=O) groups is 5. The molecule has 1 amide bonds. The van der Waals surface area contributed by atoms with E-state index >= 15 is 0 Å². The molecule has 0 bridgehead atoms. The number of ether oxygens (including phenoxy) is 4. The molecule has 1 N–H and O–H groups in total. The summed E-state index contributed by atoms with van der Waals surface area (Å²) in [5.41, 5.74) is -2.12. The second-order valence-electron chi connectivity index (χ2n) is 6.07. The molecule has 0 aliphatic carbocycles. The molecule has 30 heavy (non-hydrogen) atoms. The van der Waals surface area contributed by atoms with Crippen LogP contribution in [0.4, 0.5) is 0 Å². The lowest BCUT2D eigenvalue weighted by Crippen LogP contribution is -2.62. The number of rotatable bonds is 9. The fourth-order valence-electron chi connectivity index (χ4n) is 2.76. The van der Waals surface area contributed by atoms with Gasteiger partial charge in [0.2, 0.25) is 11.4 Å². The van der Waals surface area contributed by atoms with Gasteiger partial charge in [0.25, 0.3) is 0 Å². The quantitative estimate of drug-likeness (QED) is 0.348. The first kappa shape index (κ1) is 24.6. The maximum atomic E-state index is 12.7. The normalized spacial score (nSPS) is 10.6. The van der Waals surface area contributed by atoms with Crippen LogP contribution in [-0.2, 0) is 39.8 Å². The van der Waals surface area contributed by atoms with Crippen molar-refractivity contribution in [2.75, 3.05) is 27.4 Å². The van der Waals surface area contributed by atoms with Gasteiger partial charge in [-0.3, -0.25) is 4.79 Å². The molecule has 10 nitrogen and oxygen atoms in total. The second kappa shape index (κ2) is 10.9. The first-order valence-electron chi connectivity index (χ1n) is 9.09.